The summed E-state index contributed by atoms with van der Waals surface area (Å²) in [4.78, 5) is 19.7. The maximum atomic E-state index is 14.3. The number of benzene rings is 2. The highest BCUT2D eigenvalue weighted by Gasteiger charge is 2.63. The van der Waals surface area contributed by atoms with Gasteiger partial charge in [-0.3, -0.25) is 4.79 Å². The Bertz CT molecular complexity index is 1180. The number of amides is 1. The van der Waals surface area contributed by atoms with Crippen molar-refractivity contribution in [2.75, 3.05) is 0 Å². The highest BCUT2D eigenvalue weighted by atomic mass is 35.5. The second kappa shape index (κ2) is 9.21. The minimum atomic E-state index is -4.76. The van der Waals surface area contributed by atoms with Crippen LogP contribution in [0, 0.1) is 12.8 Å². The minimum absolute atomic E-state index is 0.00660. The van der Waals surface area contributed by atoms with Crippen molar-refractivity contribution in [1.82, 2.24) is 10.2 Å². The van der Waals surface area contributed by atoms with Gasteiger partial charge in [-0.1, -0.05) is 48.3 Å². The average molecular weight is 528 g/mol. The Kier molecular flexibility index (Phi) is 6.74. The number of halogens is 5. The maximum Gasteiger partial charge on any atom is 0.435 e. The van der Waals surface area contributed by atoms with Crippen LogP contribution in [-0.4, -0.2) is 28.9 Å². The first kappa shape index (κ1) is 25.6. The van der Waals surface area contributed by atoms with Crippen LogP contribution in [0.15, 0.2) is 35.5 Å². The number of carbonyl (C=O) groups is 1. The van der Waals surface area contributed by atoms with Crippen molar-refractivity contribution >= 4 is 34.9 Å². The molecule has 35 heavy (non-hydrogen) atoms. The molecule has 2 aliphatic rings. The summed E-state index contributed by atoms with van der Waals surface area (Å²) in [6, 6.07) is 7.50. The van der Waals surface area contributed by atoms with Gasteiger partial charge in [-0.15, -0.1) is 0 Å². The number of hydrogen-bond donors (Lipinski definition) is 1. The molecule has 0 spiro atoms. The van der Waals surface area contributed by atoms with E-state index in [1.807, 2.05) is 39.8 Å². The van der Waals surface area contributed by atoms with E-state index in [4.69, 9.17) is 28.0 Å². The lowest BCUT2D eigenvalue weighted by atomic mass is 9.89. The molecular weight excluding hydrogens is 502 g/mol. The van der Waals surface area contributed by atoms with Crippen molar-refractivity contribution < 1.29 is 22.8 Å². The number of alkyl halides is 3. The standard InChI is InChI=1S/C25H26Cl2F3N3O2/c1-13(2)15(4)31-23(34)21-6-17-12-33(11-16(17)5-14(21)3)22-10-24(35-32-22,25(28,29)30)18-7-19(26)9-20(27)8-18/h5-9,13,15H,10-12H2,1-4H3,(H,31,34). The van der Waals surface area contributed by atoms with Crippen LogP contribution < -0.4 is 5.32 Å². The van der Waals surface area contributed by atoms with Crippen LogP contribution in [0.25, 0.3) is 0 Å². The summed E-state index contributed by atoms with van der Waals surface area (Å²) >= 11 is 12.0. The summed E-state index contributed by atoms with van der Waals surface area (Å²) < 4.78 is 42.9. The smallest absolute Gasteiger partial charge is 0.372 e. The molecule has 2 aromatic rings. The molecule has 10 heteroatoms. The van der Waals surface area contributed by atoms with Gasteiger partial charge in [0.25, 0.3) is 11.5 Å². The predicted molar refractivity (Wildman–Crippen MR) is 130 cm³/mol. The quantitative estimate of drug-likeness (QED) is 0.488. The molecule has 1 N–H and O–H groups in total. The van der Waals surface area contributed by atoms with E-state index in [2.05, 4.69) is 10.5 Å². The van der Waals surface area contributed by atoms with Gasteiger partial charge in [0.05, 0.1) is 6.42 Å². The Morgan fingerprint density at radius 3 is 2.26 bits per heavy atom. The summed E-state index contributed by atoms with van der Waals surface area (Å²) in [5.41, 5.74) is 0.291. The first-order valence-electron chi connectivity index (χ1n) is 11.3. The minimum Gasteiger partial charge on any atom is -0.372 e. The molecule has 0 saturated carbocycles. The van der Waals surface area contributed by atoms with Crippen molar-refractivity contribution in [3.05, 3.63) is 68.2 Å². The molecule has 2 unspecified atom stereocenters. The van der Waals surface area contributed by atoms with Gasteiger partial charge in [0.2, 0.25) is 0 Å². The van der Waals surface area contributed by atoms with E-state index in [0.29, 0.717) is 18.7 Å². The molecule has 1 amide bonds. The normalized spacial score (nSPS) is 20.5. The van der Waals surface area contributed by atoms with E-state index in [9.17, 15) is 18.0 Å². The van der Waals surface area contributed by atoms with Gasteiger partial charge in [-0.2, -0.15) is 13.2 Å². The van der Waals surface area contributed by atoms with Crippen molar-refractivity contribution in [1.29, 1.82) is 0 Å². The Morgan fingerprint density at radius 1 is 1.09 bits per heavy atom. The number of aryl methyl sites for hydroxylation is 1. The second-order valence-electron chi connectivity index (χ2n) is 9.56. The van der Waals surface area contributed by atoms with Crippen LogP contribution in [0.5, 0.6) is 0 Å². The monoisotopic (exact) mass is 527 g/mol. The number of rotatable bonds is 4. The zero-order valence-corrected chi connectivity index (χ0v) is 21.3. The van der Waals surface area contributed by atoms with E-state index in [-0.39, 0.29) is 39.3 Å². The zero-order valence-electron chi connectivity index (χ0n) is 19.8. The number of nitrogens with one attached hydrogen (secondary N) is 1. The van der Waals surface area contributed by atoms with Gasteiger partial charge in [-0.05, 0) is 60.7 Å². The lowest BCUT2D eigenvalue weighted by Crippen LogP contribution is -2.43. The Hall–Kier alpha value is -2.45. The number of hydrogen-bond acceptors (Lipinski definition) is 4. The van der Waals surface area contributed by atoms with Crippen molar-refractivity contribution in [3.63, 3.8) is 0 Å². The molecule has 0 aliphatic carbocycles. The predicted octanol–water partition coefficient (Wildman–Crippen LogP) is 6.58. The van der Waals surface area contributed by atoms with Crippen molar-refractivity contribution in [3.8, 4) is 0 Å². The Labute approximate surface area is 212 Å². The summed E-state index contributed by atoms with van der Waals surface area (Å²) in [5, 5.41) is 7.02. The lowest BCUT2D eigenvalue weighted by molar-refractivity contribution is -0.275. The summed E-state index contributed by atoms with van der Waals surface area (Å²) in [5.74, 6) is 0.292. The van der Waals surface area contributed by atoms with E-state index >= 15 is 0 Å². The lowest BCUT2D eigenvalue weighted by Gasteiger charge is -2.30. The third-order valence-electron chi connectivity index (χ3n) is 6.74. The first-order chi connectivity index (χ1) is 16.3. The van der Waals surface area contributed by atoms with Crippen LogP contribution in [0.4, 0.5) is 13.2 Å². The number of nitrogens with zero attached hydrogens (tertiary/aromatic N) is 2. The summed E-state index contributed by atoms with van der Waals surface area (Å²) in [6.07, 6.45) is -5.27. The summed E-state index contributed by atoms with van der Waals surface area (Å²) in [6.45, 7) is 8.55. The number of oxime groups is 1. The molecule has 2 aromatic carbocycles. The van der Waals surface area contributed by atoms with E-state index in [1.165, 1.54) is 18.2 Å². The number of fused-ring (bicyclic) bond motifs is 1. The van der Waals surface area contributed by atoms with Crippen LogP contribution in [0.2, 0.25) is 10.0 Å². The fourth-order valence-corrected chi connectivity index (χ4v) is 4.82. The molecule has 0 bridgehead atoms. The van der Waals surface area contributed by atoms with E-state index < -0.39 is 18.2 Å². The fourth-order valence-electron chi connectivity index (χ4n) is 4.30. The van der Waals surface area contributed by atoms with Gasteiger partial charge in [-0.25, -0.2) is 0 Å². The highest BCUT2D eigenvalue weighted by molar-refractivity contribution is 6.34. The van der Waals surface area contributed by atoms with Gasteiger partial charge in [0.1, 0.15) is 5.84 Å². The topological polar surface area (TPSA) is 53.9 Å². The van der Waals surface area contributed by atoms with Crippen molar-refractivity contribution in [2.24, 2.45) is 11.1 Å². The molecule has 0 radical (unpaired) electrons. The van der Waals surface area contributed by atoms with E-state index in [0.717, 1.165) is 16.7 Å². The molecule has 2 aliphatic heterocycles. The van der Waals surface area contributed by atoms with Gasteiger partial charge in [0, 0.05) is 40.3 Å². The molecule has 0 saturated heterocycles. The molecule has 5 nitrogen and oxygen atoms in total. The molecule has 4 rings (SSSR count). The number of carbonyl (C=O) groups excluding carboxylic acids is 1. The number of amidine groups is 1. The molecule has 0 aromatic heterocycles. The highest BCUT2D eigenvalue weighted by Crippen LogP contribution is 2.50. The van der Waals surface area contributed by atoms with Gasteiger partial charge >= 0.3 is 6.18 Å². The molecule has 2 atom stereocenters. The third kappa shape index (κ3) is 4.83. The molecule has 2 heterocycles. The second-order valence-corrected chi connectivity index (χ2v) is 10.4. The first-order valence-corrected chi connectivity index (χ1v) is 12.0. The molecule has 188 valence electrons. The van der Waals surface area contributed by atoms with Crippen LogP contribution in [-0.2, 0) is 23.5 Å². The van der Waals surface area contributed by atoms with Crippen LogP contribution in [0.3, 0.4) is 0 Å². The largest absolute Gasteiger partial charge is 0.435 e. The Balaban J connectivity index is 1.57. The summed E-state index contributed by atoms with van der Waals surface area (Å²) in [7, 11) is 0. The Morgan fingerprint density at radius 2 is 1.69 bits per heavy atom. The third-order valence-corrected chi connectivity index (χ3v) is 7.17. The van der Waals surface area contributed by atoms with Crippen LogP contribution in [0.1, 0.15) is 59.8 Å². The van der Waals surface area contributed by atoms with Gasteiger partial charge in [0.15, 0.2) is 0 Å². The van der Waals surface area contributed by atoms with Crippen LogP contribution >= 0.6 is 23.2 Å². The van der Waals surface area contributed by atoms with E-state index in [1.54, 1.807) is 4.90 Å². The average Bonchev–Trinajstić information content (AvgIpc) is 3.36. The SMILES string of the molecule is Cc1cc2c(cc1C(=O)NC(C)C(C)C)CN(C1=NOC(c3cc(Cl)cc(Cl)c3)(C(F)(F)F)C1)C2. The zero-order chi connectivity index (χ0) is 25.7. The maximum absolute atomic E-state index is 14.3. The van der Waals surface area contributed by atoms with Crippen molar-refractivity contribution in [2.45, 2.75) is 65.0 Å². The van der Waals surface area contributed by atoms with Gasteiger partial charge < -0.3 is 15.1 Å². The molecule has 0 fully saturated rings. The molecular formula is C25H26Cl2F3N3O2. The fraction of sp³-hybridized carbons (Fsp3) is 0.440.